The number of carbonyl (C=O) groups excluding carboxylic acids is 1. The molecule has 28 heavy (non-hydrogen) atoms. The first-order chi connectivity index (χ1) is 13.3. The maximum atomic E-state index is 12.5. The van der Waals surface area contributed by atoms with Crippen LogP contribution in [0.3, 0.4) is 0 Å². The molecule has 1 aromatic heterocycles. The van der Waals surface area contributed by atoms with Gasteiger partial charge in [-0.3, -0.25) is 20.3 Å². The van der Waals surface area contributed by atoms with E-state index in [2.05, 4.69) is 20.8 Å². The van der Waals surface area contributed by atoms with Crippen LogP contribution in [0.2, 0.25) is 0 Å². The van der Waals surface area contributed by atoms with Crippen molar-refractivity contribution in [2.24, 2.45) is 10.8 Å². The molecule has 0 spiro atoms. The van der Waals surface area contributed by atoms with Crippen LogP contribution in [-0.2, 0) is 0 Å². The van der Waals surface area contributed by atoms with Crippen LogP contribution in [0.15, 0.2) is 53.6 Å². The minimum absolute atomic E-state index is 0.0881. The molecule has 0 atom stereocenters. The number of guanidine groups is 1. The number of nitrogens with one attached hydrogen (secondary N) is 4. The minimum Gasteiger partial charge on any atom is -0.369 e. The Balaban J connectivity index is 1.77. The number of hydrogen-bond acceptors (Lipinski definition) is 5. The number of para-hydroxylation sites is 1. The average Bonchev–Trinajstić information content (AvgIpc) is 3.11. The van der Waals surface area contributed by atoms with Gasteiger partial charge in [-0.15, -0.1) is 0 Å². The van der Waals surface area contributed by atoms with Crippen LogP contribution in [0.4, 0.5) is 11.4 Å². The van der Waals surface area contributed by atoms with E-state index in [9.17, 15) is 14.9 Å². The molecule has 6 N–H and O–H groups in total. The predicted molar refractivity (Wildman–Crippen MR) is 107 cm³/mol. The Morgan fingerprint density at radius 1 is 1.25 bits per heavy atom. The lowest BCUT2D eigenvalue weighted by molar-refractivity contribution is -0.383. The Morgan fingerprint density at radius 3 is 2.61 bits per heavy atom. The van der Waals surface area contributed by atoms with E-state index >= 15 is 0 Å². The first-order valence-electron chi connectivity index (χ1n) is 8.17. The molecule has 0 bridgehead atoms. The van der Waals surface area contributed by atoms with Gasteiger partial charge in [0.1, 0.15) is 11.2 Å². The summed E-state index contributed by atoms with van der Waals surface area (Å²) in [6.45, 7) is 1.75. The molecule has 0 aliphatic carbocycles. The van der Waals surface area contributed by atoms with Crippen molar-refractivity contribution in [2.75, 3.05) is 5.32 Å². The molecule has 0 aliphatic heterocycles. The highest BCUT2D eigenvalue weighted by molar-refractivity contribution is 6.07. The van der Waals surface area contributed by atoms with Crippen molar-refractivity contribution in [1.82, 2.24) is 10.4 Å². The zero-order chi connectivity index (χ0) is 20.3. The number of anilines is 1. The summed E-state index contributed by atoms with van der Waals surface area (Å²) in [5.74, 6) is -0.677. The van der Waals surface area contributed by atoms with E-state index < -0.39 is 10.8 Å². The normalized spacial score (nSPS) is 11.2. The zero-order valence-corrected chi connectivity index (χ0v) is 14.8. The number of nitrogens with zero attached hydrogens (tertiary/aromatic N) is 2. The lowest BCUT2D eigenvalue weighted by atomic mass is 10.1. The molecule has 0 unspecified atom stereocenters. The molecular formula is C18H17N7O3. The monoisotopic (exact) mass is 379 g/mol. The summed E-state index contributed by atoms with van der Waals surface area (Å²) in [5.41, 5.74) is 9.94. The maximum Gasteiger partial charge on any atom is 0.293 e. The van der Waals surface area contributed by atoms with Gasteiger partial charge in [-0.25, -0.2) is 5.43 Å². The van der Waals surface area contributed by atoms with Gasteiger partial charge in [0.15, 0.2) is 0 Å². The van der Waals surface area contributed by atoms with Gasteiger partial charge in [-0.05, 0) is 30.7 Å². The van der Waals surface area contributed by atoms with Crippen molar-refractivity contribution in [1.29, 1.82) is 5.41 Å². The number of H-pyrrole nitrogens is 1. The van der Waals surface area contributed by atoms with Crippen LogP contribution >= 0.6 is 0 Å². The van der Waals surface area contributed by atoms with Gasteiger partial charge in [-0.1, -0.05) is 24.3 Å². The fourth-order valence-corrected chi connectivity index (χ4v) is 2.62. The fraction of sp³-hybridized carbons (Fsp3) is 0.0556. The molecule has 3 aromatic rings. The van der Waals surface area contributed by atoms with Crippen molar-refractivity contribution < 1.29 is 9.72 Å². The first-order valence-corrected chi connectivity index (χ1v) is 8.17. The number of amides is 1. The van der Waals surface area contributed by atoms with E-state index in [4.69, 9.17) is 11.1 Å². The van der Waals surface area contributed by atoms with Crippen molar-refractivity contribution in [3.8, 4) is 0 Å². The van der Waals surface area contributed by atoms with E-state index in [1.165, 1.54) is 6.07 Å². The van der Waals surface area contributed by atoms with Crippen LogP contribution in [0.5, 0.6) is 0 Å². The van der Waals surface area contributed by atoms with Crippen LogP contribution in [-0.4, -0.2) is 27.5 Å². The predicted octanol–water partition coefficient (Wildman–Crippen LogP) is 2.54. The van der Waals surface area contributed by atoms with Crippen LogP contribution < -0.4 is 16.5 Å². The third-order valence-corrected chi connectivity index (χ3v) is 3.98. The van der Waals surface area contributed by atoms with Crippen molar-refractivity contribution in [3.63, 3.8) is 0 Å². The first kappa shape index (κ1) is 18.6. The lowest BCUT2D eigenvalue weighted by Gasteiger charge is -2.06. The number of hydrogen-bond donors (Lipinski definition) is 5. The number of rotatable bonds is 5. The summed E-state index contributed by atoms with van der Waals surface area (Å²) < 4.78 is 0. The van der Waals surface area contributed by atoms with E-state index in [1.807, 2.05) is 0 Å². The summed E-state index contributed by atoms with van der Waals surface area (Å²) in [4.78, 5) is 25.9. The topological polar surface area (TPSA) is 162 Å². The molecule has 2 aromatic carbocycles. The van der Waals surface area contributed by atoms with E-state index in [0.717, 1.165) is 5.56 Å². The number of aromatic nitrogens is 1. The molecule has 0 fully saturated rings. The van der Waals surface area contributed by atoms with Gasteiger partial charge in [0.2, 0.25) is 5.96 Å². The Kier molecular flexibility index (Phi) is 5.03. The van der Waals surface area contributed by atoms with Crippen LogP contribution in [0.1, 0.15) is 23.0 Å². The van der Waals surface area contributed by atoms with Gasteiger partial charge in [0, 0.05) is 17.1 Å². The number of nitro benzene ring substituents is 1. The smallest absolute Gasteiger partial charge is 0.293 e. The summed E-state index contributed by atoms with van der Waals surface area (Å²) in [7, 11) is 0. The number of nitro groups is 1. The Morgan fingerprint density at radius 2 is 1.96 bits per heavy atom. The summed E-state index contributed by atoms with van der Waals surface area (Å²) >= 11 is 0. The molecule has 10 heteroatoms. The quantitative estimate of drug-likeness (QED) is 0.199. The van der Waals surface area contributed by atoms with Gasteiger partial charge < -0.3 is 16.0 Å². The SMILES string of the molecule is C/C(=N\NC(=N)N)c1ccc(NC(=O)c2cc3cccc([N+](=O)[O-])c3[nH]2)cc1. The molecule has 10 nitrogen and oxygen atoms in total. The van der Waals surface area contributed by atoms with Gasteiger partial charge in [0.05, 0.1) is 10.6 Å². The van der Waals surface area contributed by atoms with Crippen molar-refractivity contribution >= 4 is 39.9 Å². The second-order valence-corrected chi connectivity index (χ2v) is 5.94. The second-order valence-electron chi connectivity index (χ2n) is 5.94. The summed E-state index contributed by atoms with van der Waals surface area (Å²) in [6, 6.07) is 13.1. The highest BCUT2D eigenvalue weighted by Gasteiger charge is 2.17. The molecule has 1 amide bonds. The molecule has 0 aliphatic rings. The molecule has 0 saturated carbocycles. The number of non-ortho nitro benzene ring substituents is 1. The second kappa shape index (κ2) is 7.58. The number of carbonyl (C=O) groups is 1. The lowest BCUT2D eigenvalue weighted by Crippen LogP contribution is -2.26. The standard InChI is InChI=1S/C18H17N7O3/c1-10(23-24-18(19)20)11-5-7-13(8-6-11)21-17(26)14-9-12-3-2-4-15(25(27)28)16(12)22-14/h2-9,22H,1H3,(H,21,26)(H4,19,20,24)/b23-10+. The van der Waals surface area contributed by atoms with E-state index in [1.54, 1.807) is 49.4 Å². The molecular weight excluding hydrogens is 362 g/mol. The average molecular weight is 379 g/mol. The Hall–Kier alpha value is -4.21. The highest BCUT2D eigenvalue weighted by atomic mass is 16.6. The summed E-state index contributed by atoms with van der Waals surface area (Å²) in [5, 5.41) is 25.5. The Labute approximate surface area is 159 Å². The number of aromatic amines is 1. The Bertz CT molecular complexity index is 1100. The maximum absolute atomic E-state index is 12.5. The van der Waals surface area contributed by atoms with Crippen molar-refractivity contribution in [2.45, 2.75) is 6.92 Å². The number of benzene rings is 2. The third-order valence-electron chi connectivity index (χ3n) is 3.98. The number of fused-ring (bicyclic) bond motifs is 1. The van der Waals surface area contributed by atoms with Crippen LogP contribution in [0, 0.1) is 15.5 Å². The number of nitrogens with two attached hydrogens (primary N) is 1. The zero-order valence-electron chi connectivity index (χ0n) is 14.8. The van der Waals surface area contributed by atoms with E-state index in [0.29, 0.717) is 22.3 Å². The number of hydrazone groups is 1. The molecule has 1 heterocycles. The van der Waals surface area contributed by atoms with E-state index in [-0.39, 0.29) is 17.3 Å². The highest BCUT2D eigenvalue weighted by Crippen LogP contribution is 2.25. The van der Waals surface area contributed by atoms with Gasteiger partial charge >= 0.3 is 0 Å². The van der Waals surface area contributed by atoms with Crippen LogP contribution in [0.25, 0.3) is 10.9 Å². The molecule has 0 radical (unpaired) electrons. The molecule has 0 saturated heterocycles. The van der Waals surface area contributed by atoms with Gasteiger partial charge in [-0.2, -0.15) is 5.10 Å². The fourth-order valence-electron chi connectivity index (χ4n) is 2.62. The van der Waals surface area contributed by atoms with Crippen molar-refractivity contribution in [3.05, 3.63) is 69.9 Å². The minimum atomic E-state index is -0.496. The largest absolute Gasteiger partial charge is 0.369 e. The van der Waals surface area contributed by atoms with Gasteiger partial charge in [0.25, 0.3) is 11.6 Å². The third kappa shape index (κ3) is 3.96. The summed E-state index contributed by atoms with van der Waals surface area (Å²) in [6.07, 6.45) is 0. The molecule has 3 rings (SSSR count). The molecule has 142 valence electrons.